The number of carbonyl (C=O) groups excluding carboxylic acids is 2. The van der Waals surface area contributed by atoms with E-state index in [-0.39, 0.29) is 38.6 Å². The largest absolute Gasteiger partial charge is 0.472 e. The molecule has 0 spiro atoms. The molecule has 2 atom stereocenters. The Labute approximate surface area is 401 Å². The summed E-state index contributed by atoms with van der Waals surface area (Å²) in [6, 6.07) is 0. The second-order valence-electron chi connectivity index (χ2n) is 18.4. The highest BCUT2D eigenvalue weighted by atomic mass is 31.2. The van der Waals surface area contributed by atoms with E-state index in [1.807, 2.05) is 0 Å². The number of nitrogens with two attached hydrogens (primary N) is 1. The van der Waals surface area contributed by atoms with E-state index in [0.717, 1.165) is 57.8 Å². The standard InChI is InChI=1S/C55H104NO8P/c1-3-5-7-9-11-13-15-17-18-19-20-21-22-23-24-25-26-27-28-29-30-31-32-33-34-36-37-39-41-43-45-47-54(57)61-51-53(52-63-65(59,60)62-50-49-56)64-55(58)48-46-44-42-40-38-35-16-14-12-10-8-6-4-2/h6,8,12,14,35,38,53H,3-5,7,9-11,13,15-34,36-37,39-52,56H2,1-2H3,(H,59,60)/b8-6-,14-12-,38-35-. The summed E-state index contributed by atoms with van der Waals surface area (Å²) in [5.74, 6) is -0.853. The van der Waals surface area contributed by atoms with Crippen molar-refractivity contribution in [1.82, 2.24) is 0 Å². The first-order valence-electron chi connectivity index (χ1n) is 27.5. The van der Waals surface area contributed by atoms with Gasteiger partial charge in [-0.2, -0.15) is 0 Å². The first-order valence-corrected chi connectivity index (χ1v) is 29.0. The number of phosphoric acid groups is 1. The zero-order chi connectivity index (χ0) is 47.4. The fourth-order valence-electron chi connectivity index (χ4n) is 8.01. The van der Waals surface area contributed by atoms with E-state index in [4.69, 9.17) is 24.3 Å². The Morgan fingerprint density at radius 1 is 0.477 bits per heavy atom. The van der Waals surface area contributed by atoms with Crippen molar-refractivity contribution in [1.29, 1.82) is 0 Å². The molecular formula is C55H104NO8P. The van der Waals surface area contributed by atoms with Crippen LogP contribution < -0.4 is 5.73 Å². The third kappa shape index (κ3) is 51.5. The maximum atomic E-state index is 12.6. The van der Waals surface area contributed by atoms with Crippen molar-refractivity contribution in [3.8, 4) is 0 Å². The van der Waals surface area contributed by atoms with Crippen molar-refractivity contribution in [2.75, 3.05) is 26.4 Å². The van der Waals surface area contributed by atoms with Gasteiger partial charge in [0.05, 0.1) is 13.2 Å². The van der Waals surface area contributed by atoms with E-state index in [2.05, 4.69) is 50.3 Å². The van der Waals surface area contributed by atoms with Crippen LogP contribution in [0.25, 0.3) is 0 Å². The van der Waals surface area contributed by atoms with Crippen molar-refractivity contribution >= 4 is 19.8 Å². The van der Waals surface area contributed by atoms with Crippen LogP contribution in [0.3, 0.4) is 0 Å². The average Bonchev–Trinajstić information content (AvgIpc) is 3.30. The molecule has 0 aromatic carbocycles. The lowest BCUT2D eigenvalue weighted by molar-refractivity contribution is -0.161. The SMILES string of the molecule is CC/C=C\C/C=C\C/C=C\CCCCCC(=O)OC(COC(=O)CCCCCCCCCCCCCCCCCCCCCCCCCCCCCCCCC)COP(=O)(O)OCCN. The van der Waals surface area contributed by atoms with Crippen molar-refractivity contribution in [2.45, 2.75) is 277 Å². The van der Waals surface area contributed by atoms with Gasteiger partial charge in [-0.15, -0.1) is 0 Å². The van der Waals surface area contributed by atoms with Crippen molar-refractivity contribution in [3.05, 3.63) is 36.5 Å². The monoisotopic (exact) mass is 938 g/mol. The minimum Gasteiger partial charge on any atom is -0.462 e. The minimum atomic E-state index is -4.39. The molecular weight excluding hydrogens is 834 g/mol. The fourth-order valence-corrected chi connectivity index (χ4v) is 8.77. The zero-order valence-electron chi connectivity index (χ0n) is 42.5. The van der Waals surface area contributed by atoms with Gasteiger partial charge in [-0.05, 0) is 44.9 Å². The lowest BCUT2D eigenvalue weighted by Crippen LogP contribution is -2.29. The first kappa shape index (κ1) is 63.2. The van der Waals surface area contributed by atoms with E-state index in [1.165, 1.54) is 180 Å². The summed E-state index contributed by atoms with van der Waals surface area (Å²) < 4.78 is 32.9. The van der Waals surface area contributed by atoms with E-state index >= 15 is 0 Å². The molecule has 0 aliphatic rings. The Morgan fingerprint density at radius 3 is 1.26 bits per heavy atom. The molecule has 9 nitrogen and oxygen atoms in total. The predicted molar refractivity (Wildman–Crippen MR) is 275 cm³/mol. The minimum absolute atomic E-state index is 0.0491. The van der Waals surface area contributed by atoms with Gasteiger partial charge in [-0.1, -0.05) is 249 Å². The van der Waals surface area contributed by atoms with Crippen LogP contribution in [0.4, 0.5) is 0 Å². The molecule has 0 amide bonds. The predicted octanol–water partition coefficient (Wildman–Crippen LogP) is 16.8. The van der Waals surface area contributed by atoms with Crippen LogP contribution in [-0.4, -0.2) is 49.3 Å². The zero-order valence-corrected chi connectivity index (χ0v) is 43.4. The summed E-state index contributed by atoms with van der Waals surface area (Å²) in [4.78, 5) is 35.0. The van der Waals surface area contributed by atoms with Gasteiger partial charge in [-0.25, -0.2) is 4.57 Å². The number of ether oxygens (including phenoxy) is 2. The van der Waals surface area contributed by atoms with E-state index in [1.54, 1.807) is 0 Å². The van der Waals surface area contributed by atoms with Gasteiger partial charge in [0.1, 0.15) is 6.61 Å². The third-order valence-electron chi connectivity index (χ3n) is 12.0. The normalized spacial score (nSPS) is 13.4. The van der Waals surface area contributed by atoms with Crippen molar-refractivity contribution in [3.63, 3.8) is 0 Å². The first-order chi connectivity index (χ1) is 31.8. The summed E-state index contributed by atoms with van der Waals surface area (Å²) in [7, 11) is -4.39. The molecule has 0 bridgehead atoms. The van der Waals surface area contributed by atoms with E-state index in [0.29, 0.717) is 6.42 Å². The van der Waals surface area contributed by atoms with Gasteiger partial charge in [0.15, 0.2) is 6.10 Å². The molecule has 0 saturated carbocycles. The quantitative estimate of drug-likeness (QED) is 0.0264. The van der Waals surface area contributed by atoms with E-state index < -0.39 is 26.5 Å². The van der Waals surface area contributed by atoms with Crippen LogP contribution >= 0.6 is 7.82 Å². The summed E-state index contributed by atoms with van der Waals surface area (Å²) in [6.45, 7) is 3.62. The Bertz CT molecular complexity index is 1160. The molecule has 2 unspecified atom stereocenters. The molecule has 0 aliphatic carbocycles. The van der Waals surface area contributed by atoms with Crippen LogP contribution in [-0.2, 0) is 32.7 Å². The van der Waals surface area contributed by atoms with Crippen LogP contribution in [0.15, 0.2) is 36.5 Å². The molecule has 3 N–H and O–H groups in total. The van der Waals surface area contributed by atoms with Gasteiger partial charge in [-0.3, -0.25) is 18.6 Å². The maximum Gasteiger partial charge on any atom is 0.472 e. The van der Waals surface area contributed by atoms with Crippen molar-refractivity contribution in [2.24, 2.45) is 5.73 Å². The third-order valence-corrected chi connectivity index (χ3v) is 13.0. The molecule has 0 aliphatic heterocycles. The Morgan fingerprint density at radius 2 is 0.846 bits per heavy atom. The number of unbranched alkanes of at least 4 members (excludes halogenated alkanes) is 33. The van der Waals surface area contributed by atoms with Gasteiger partial charge < -0.3 is 20.1 Å². The topological polar surface area (TPSA) is 134 Å². The molecule has 0 heterocycles. The van der Waals surface area contributed by atoms with Gasteiger partial charge in [0.25, 0.3) is 0 Å². The molecule has 382 valence electrons. The van der Waals surface area contributed by atoms with Gasteiger partial charge >= 0.3 is 19.8 Å². The number of carbonyl (C=O) groups is 2. The fraction of sp³-hybridized carbons (Fsp3) is 0.855. The van der Waals surface area contributed by atoms with E-state index in [9.17, 15) is 19.0 Å². The smallest absolute Gasteiger partial charge is 0.462 e. The van der Waals surface area contributed by atoms with Crippen LogP contribution in [0, 0.1) is 0 Å². The molecule has 0 aromatic heterocycles. The Hall–Kier alpha value is -1.77. The lowest BCUT2D eigenvalue weighted by Gasteiger charge is -2.19. The molecule has 0 rings (SSSR count). The number of phosphoric ester groups is 1. The molecule has 10 heteroatoms. The summed E-state index contributed by atoms with van der Waals surface area (Å²) in [6.07, 6.45) is 60.9. The highest BCUT2D eigenvalue weighted by Crippen LogP contribution is 2.43. The van der Waals surface area contributed by atoms with Crippen molar-refractivity contribution < 1.29 is 37.6 Å². The second kappa shape index (κ2) is 51.6. The lowest BCUT2D eigenvalue weighted by atomic mass is 10.0. The second-order valence-corrected chi connectivity index (χ2v) is 19.9. The van der Waals surface area contributed by atoms with Gasteiger partial charge in [0.2, 0.25) is 0 Å². The number of rotatable bonds is 52. The maximum absolute atomic E-state index is 12.6. The number of hydrogen-bond donors (Lipinski definition) is 2. The Balaban J connectivity index is 3.83. The molecule has 0 fully saturated rings. The van der Waals surface area contributed by atoms with Gasteiger partial charge in [0, 0.05) is 19.4 Å². The number of allylic oxidation sites excluding steroid dienone is 6. The Kier molecular flexibility index (Phi) is 50.2. The molecule has 0 saturated heterocycles. The highest BCUT2D eigenvalue weighted by molar-refractivity contribution is 7.47. The summed E-state index contributed by atoms with van der Waals surface area (Å²) >= 11 is 0. The van der Waals surface area contributed by atoms with Crippen LogP contribution in [0.5, 0.6) is 0 Å². The van der Waals surface area contributed by atoms with Crippen LogP contribution in [0.2, 0.25) is 0 Å². The molecule has 0 radical (unpaired) electrons. The summed E-state index contributed by atoms with van der Waals surface area (Å²) in [5, 5.41) is 0. The number of hydrogen-bond acceptors (Lipinski definition) is 8. The average molecular weight is 938 g/mol. The summed E-state index contributed by atoms with van der Waals surface area (Å²) in [5.41, 5.74) is 5.36. The molecule has 65 heavy (non-hydrogen) atoms. The highest BCUT2D eigenvalue weighted by Gasteiger charge is 2.26. The number of esters is 2. The molecule has 0 aromatic rings. The van der Waals surface area contributed by atoms with Crippen LogP contribution in [0.1, 0.15) is 271 Å².